The molecule has 2 aromatic rings. The van der Waals surface area contributed by atoms with Crippen LogP contribution in [0.1, 0.15) is 94.7 Å². The third-order valence-corrected chi connectivity index (χ3v) is 12.5. The lowest BCUT2D eigenvalue weighted by molar-refractivity contribution is -0.880. The molecule has 0 unspecified atom stereocenters. The number of hydrogen-bond donors (Lipinski definition) is 4. The van der Waals surface area contributed by atoms with E-state index in [2.05, 4.69) is 0 Å². The molecule has 17 nitrogen and oxygen atoms in total. The fraction of sp³-hybridized carbons (Fsp3) is 0.615. The lowest BCUT2D eigenvalue weighted by Crippen LogP contribution is -2.71. The van der Waals surface area contributed by atoms with Crippen molar-refractivity contribution < 1.29 is 77.4 Å². The van der Waals surface area contributed by atoms with Gasteiger partial charge in [0.05, 0.1) is 50.1 Å². The average Bonchev–Trinajstić information content (AvgIpc) is 3.11. The predicted molar refractivity (Wildman–Crippen MR) is 191 cm³/mol. The summed E-state index contributed by atoms with van der Waals surface area (Å²) in [6.07, 6.45) is -9.19. The predicted octanol–water partition coefficient (Wildman–Crippen LogP) is 1.45. The van der Waals surface area contributed by atoms with Crippen molar-refractivity contribution >= 4 is 17.5 Å². The van der Waals surface area contributed by atoms with Crippen molar-refractivity contribution in [2.45, 2.75) is 112 Å². The number of carbonyl (C=O) groups is 3. The second-order valence-corrected chi connectivity index (χ2v) is 16.3. The average molecular weight is 788 g/mol. The highest BCUT2D eigenvalue weighted by Crippen LogP contribution is 2.55. The van der Waals surface area contributed by atoms with Crippen molar-refractivity contribution in [3.05, 3.63) is 62.4 Å². The monoisotopic (exact) mass is 787 g/mol. The van der Waals surface area contributed by atoms with Crippen molar-refractivity contribution in [2.24, 2.45) is 0 Å². The van der Waals surface area contributed by atoms with Gasteiger partial charge in [-0.25, -0.2) is 0 Å². The van der Waals surface area contributed by atoms with Gasteiger partial charge in [0.25, 0.3) is 0 Å². The number of phenolic OH excluding ortho intramolecular Hbond substituents is 1. The molecule has 2 bridgehead atoms. The first-order valence-electron chi connectivity index (χ1n) is 18.3. The molecule has 4 N–H and O–H groups in total. The Morgan fingerprint density at radius 2 is 1.55 bits per heavy atom. The molecule has 2 aromatic carbocycles. The molecule has 2 saturated heterocycles. The molecular formula is C39H49NO16. The van der Waals surface area contributed by atoms with Crippen molar-refractivity contribution in [3.63, 3.8) is 0 Å². The smallest absolute Gasteiger partial charge is 0.316 e. The zero-order valence-corrected chi connectivity index (χ0v) is 32.8. The summed E-state index contributed by atoms with van der Waals surface area (Å²) in [4.78, 5) is 42.7. The van der Waals surface area contributed by atoms with Crippen LogP contribution in [0.3, 0.4) is 0 Å². The highest BCUT2D eigenvalue weighted by Gasteiger charge is 2.62. The quantitative estimate of drug-likeness (QED) is 0.151. The van der Waals surface area contributed by atoms with E-state index in [0.29, 0.717) is 0 Å². The number of benzene rings is 2. The molecule has 13 atom stereocenters. The second kappa shape index (κ2) is 13.5. The fourth-order valence-corrected chi connectivity index (χ4v) is 9.67. The number of ether oxygens (including phenoxy) is 8. The van der Waals surface area contributed by atoms with E-state index in [0.717, 1.165) is 13.2 Å². The molecule has 2 aliphatic carbocycles. The van der Waals surface area contributed by atoms with E-state index in [1.54, 1.807) is 13.8 Å². The Morgan fingerprint density at radius 1 is 0.946 bits per heavy atom. The molecule has 0 spiro atoms. The van der Waals surface area contributed by atoms with Crippen molar-refractivity contribution in [1.82, 2.24) is 0 Å². The number of esters is 1. The number of aliphatic hydroxyl groups is 3. The number of aromatic hydroxyl groups is 1. The van der Waals surface area contributed by atoms with Gasteiger partial charge >= 0.3 is 5.97 Å². The number of ketones is 2. The van der Waals surface area contributed by atoms with Crippen LogP contribution in [0, 0.1) is 5.21 Å². The van der Waals surface area contributed by atoms with Gasteiger partial charge in [0.2, 0.25) is 6.29 Å². The first-order chi connectivity index (χ1) is 26.1. The number of nitrogens with zero attached hydrogens (tertiary/aromatic N) is 1. The Balaban J connectivity index is 1.37. The Labute approximate surface area is 323 Å². The summed E-state index contributed by atoms with van der Waals surface area (Å²) >= 11 is 0. The lowest BCUT2D eigenvalue weighted by atomic mass is 9.68. The van der Waals surface area contributed by atoms with Gasteiger partial charge in [-0.2, -0.15) is 0 Å². The first-order valence-corrected chi connectivity index (χ1v) is 18.3. The van der Waals surface area contributed by atoms with E-state index in [-0.39, 0.29) is 45.6 Å². The molecule has 56 heavy (non-hydrogen) atoms. The van der Waals surface area contributed by atoms with Gasteiger partial charge in [-0.1, -0.05) is 0 Å². The minimum absolute atomic E-state index is 0.0255. The highest BCUT2D eigenvalue weighted by molar-refractivity contribution is 6.30. The van der Waals surface area contributed by atoms with Gasteiger partial charge in [0.1, 0.15) is 46.9 Å². The van der Waals surface area contributed by atoms with Crippen LogP contribution in [-0.2, 0) is 43.6 Å². The Kier molecular flexibility index (Phi) is 9.78. The number of rotatable bonds is 7. The van der Waals surface area contributed by atoms with Crippen LogP contribution in [0.5, 0.6) is 11.5 Å². The van der Waals surface area contributed by atoms with Gasteiger partial charge in [-0.05, 0) is 57.0 Å². The topological polar surface area (TPSA) is 229 Å². The molecule has 306 valence electrons. The fourth-order valence-electron chi connectivity index (χ4n) is 9.67. The number of likely N-dealkylation sites (N-methyl/N-ethyl adjacent to an activating group) is 1. The van der Waals surface area contributed by atoms with E-state index < -0.39 is 111 Å². The van der Waals surface area contributed by atoms with E-state index in [9.17, 15) is 40.0 Å². The number of carbonyl (C=O) groups excluding carboxylic acids is 3. The van der Waals surface area contributed by atoms with Crippen molar-refractivity contribution in [3.8, 4) is 11.5 Å². The van der Waals surface area contributed by atoms with Crippen molar-refractivity contribution in [2.75, 3.05) is 42.5 Å². The Bertz CT molecular complexity index is 1980. The third-order valence-electron chi connectivity index (χ3n) is 12.5. The minimum atomic E-state index is -1.82. The molecule has 0 aromatic heterocycles. The molecule has 0 saturated carbocycles. The molecule has 5 aliphatic rings. The summed E-state index contributed by atoms with van der Waals surface area (Å²) in [5, 5.41) is 59.1. The number of aliphatic hydroxyl groups excluding tert-OH is 2. The maximum Gasteiger partial charge on any atom is 0.316 e. The zero-order chi connectivity index (χ0) is 41.2. The van der Waals surface area contributed by atoms with Crippen LogP contribution < -0.4 is 4.74 Å². The molecular weight excluding hydrogens is 738 g/mol. The largest absolute Gasteiger partial charge is 0.633 e. The maximum atomic E-state index is 14.7. The van der Waals surface area contributed by atoms with Crippen LogP contribution in [0.25, 0.3) is 0 Å². The zero-order valence-electron chi connectivity index (χ0n) is 32.8. The Hall–Kier alpha value is -3.59. The number of quaternary nitrogens is 1. The van der Waals surface area contributed by atoms with Crippen LogP contribution in [0.15, 0.2) is 18.2 Å². The van der Waals surface area contributed by atoms with E-state index in [4.69, 9.17) is 37.9 Å². The number of hydroxylamine groups is 3. The van der Waals surface area contributed by atoms with Gasteiger partial charge in [-0.15, -0.1) is 0 Å². The summed E-state index contributed by atoms with van der Waals surface area (Å²) in [6.45, 7) is 6.44. The van der Waals surface area contributed by atoms with Crippen LogP contribution in [-0.4, -0.2) is 145 Å². The third kappa shape index (κ3) is 5.66. The lowest BCUT2D eigenvalue weighted by Gasteiger charge is -2.57. The summed E-state index contributed by atoms with van der Waals surface area (Å²) in [5.41, 5.74) is -5.37. The summed E-state index contributed by atoms with van der Waals surface area (Å²) in [7, 11) is 8.13. The van der Waals surface area contributed by atoms with E-state index in [1.165, 1.54) is 61.4 Å². The molecule has 2 fully saturated rings. The normalized spacial score (nSPS) is 38.8. The SMILES string of the molecule is COC(=O)[C@@H]1c2cc3c(cc2[C@H](O[C@@H]2O[C@H](C)[C@H](OC)[C@](C)(OC)[C@@H]2OC)C[C@]1(C)O)C(=O)c1c(O)cc2c(c1C3=O)O[C@H]1O[C@@]2(C)[C@H](O)[C@H]([N+](C)(C)[O-])[C@H]1O. The Morgan fingerprint density at radius 3 is 2.12 bits per heavy atom. The number of methoxy groups -OCH3 is 4. The standard InChI is InChI=1S/C39H49NO16/c1-15-32(49-7)39(4,52-10)33(50-8)36(53-15)54-22-14-37(2,47)25(34(46)51-9)17-12-19-18(11-16(17)22)27(42)23-21(41)13-20-30(24(23)28(19)43)55-35-29(44)26(40(5,6)48)31(45)38(20,3)56-35/h11-13,15,22,25-26,29,31-33,35-36,41,44-45,47H,14H2,1-10H3/t15-,22-,25+,26-,29-,31-,32+,33-,35+,36+,37+,38-,39+/m1/s1. The van der Waals surface area contributed by atoms with Crippen LogP contribution in [0.4, 0.5) is 0 Å². The van der Waals surface area contributed by atoms with Gasteiger partial charge in [-0.3, -0.25) is 14.4 Å². The maximum absolute atomic E-state index is 14.7. The van der Waals surface area contributed by atoms with Crippen molar-refractivity contribution in [1.29, 1.82) is 0 Å². The van der Waals surface area contributed by atoms with E-state index >= 15 is 0 Å². The minimum Gasteiger partial charge on any atom is -0.633 e. The number of phenols is 1. The van der Waals surface area contributed by atoms with Gasteiger partial charge in [0, 0.05) is 44.4 Å². The second-order valence-electron chi connectivity index (χ2n) is 16.3. The highest BCUT2D eigenvalue weighted by atomic mass is 16.7. The molecule has 0 amide bonds. The number of hydrogen-bond acceptors (Lipinski definition) is 16. The van der Waals surface area contributed by atoms with Gasteiger partial charge < -0.3 is 68.2 Å². The molecule has 7 rings (SSSR count). The molecule has 0 radical (unpaired) electrons. The van der Waals surface area contributed by atoms with Crippen LogP contribution >= 0.6 is 0 Å². The number of fused-ring (bicyclic) bond motifs is 8. The summed E-state index contributed by atoms with van der Waals surface area (Å²) < 4.78 is 46.3. The first kappa shape index (κ1) is 40.6. The summed E-state index contributed by atoms with van der Waals surface area (Å²) in [6, 6.07) is 2.52. The van der Waals surface area contributed by atoms with E-state index in [1.807, 2.05) is 0 Å². The molecule has 17 heteroatoms. The summed E-state index contributed by atoms with van der Waals surface area (Å²) in [5.74, 6) is -4.60. The molecule has 3 aliphatic heterocycles. The van der Waals surface area contributed by atoms with Gasteiger partial charge in [0.15, 0.2) is 30.0 Å². The van der Waals surface area contributed by atoms with Crippen LogP contribution in [0.2, 0.25) is 0 Å². The molecule has 3 heterocycles.